The minimum atomic E-state index is -0.230. The Morgan fingerprint density at radius 3 is 1.80 bits per heavy atom. The van der Waals surface area contributed by atoms with E-state index in [4.69, 9.17) is 0 Å². The van der Waals surface area contributed by atoms with E-state index in [1.54, 1.807) is 0 Å². The van der Waals surface area contributed by atoms with Gasteiger partial charge in [0, 0.05) is 0 Å². The maximum atomic E-state index is 4.63. The van der Waals surface area contributed by atoms with Gasteiger partial charge in [0.05, 0.1) is 0 Å². The molecule has 0 rings (SSSR count). The molecule has 0 spiro atoms. The highest BCUT2D eigenvalue weighted by molar-refractivity contribution is 6.07. The van der Waals surface area contributed by atoms with E-state index in [0.29, 0.717) is 0 Å². The van der Waals surface area contributed by atoms with E-state index in [1.807, 2.05) is 0 Å². The fourth-order valence-corrected chi connectivity index (χ4v) is 0. The van der Waals surface area contributed by atoms with Crippen molar-refractivity contribution in [1.82, 2.24) is 0 Å². The number of amides is 2. The number of urea groups is 1. The van der Waals surface area contributed by atoms with Gasteiger partial charge in [-0.05, 0) is 0 Å². The van der Waals surface area contributed by atoms with Gasteiger partial charge in [-0.25, -0.2) is 0 Å². The Bertz CT molecular complexity index is 47.6. The molecular formula is CH4ClN2O+. The molecule has 0 heterocycles. The van der Waals surface area contributed by atoms with E-state index in [2.05, 4.69) is 27.3 Å². The van der Waals surface area contributed by atoms with Crippen molar-refractivity contribution in [2.75, 3.05) is 0 Å². The number of primary amides is 2. The Balaban J connectivity index is 3.14. The molecule has 0 aliphatic heterocycles. The van der Waals surface area contributed by atoms with E-state index in [0.717, 1.165) is 0 Å². The summed E-state index contributed by atoms with van der Waals surface area (Å²) in [7, 11) is 0. The Kier molecular flexibility index (Phi) is 1.68. The topological polar surface area (TPSA) is 63.3 Å². The van der Waals surface area contributed by atoms with Crippen molar-refractivity contribution in [1.29, 1.82) is 0 Å². The number of hydrogen-bond donors (Lipinski definition) is 2. The quantitative estimate of drug-likeness (QED) is 0.389. The highest BCUT2D eigenvalue weighted by Gasteiger charge is 1.87. The zero-order chi connectivity index (χ0) is 4.28. The second-order valence-corrected chi connectivity index (χ2v) is 0.634. The second-order valence-electron chi connectivity index (χ2n) is 0.480. The SMILES string of the molecule is NC(N)=[O+]Cl. The van der Waals surface area contributed by atoms with Crippen LogP contribution < -0.4 is 11.5 Å². The largest absolute Gasteiger partial charge is 0.527 e. The summed E-state index contributed by atoms with van der Waals surface area (Å²) in [6, 6.07) is -0.230. The molecule has 0 atom stereocenters. The maximum Gasteiger partial charge on any atom is 0.527 e. The lowest BCUT2D eigenvalue weighted by molar-refractivity contribution is 0.0907. The summed E-state index contributed by atoms with van der Waals surface area (Å²) in [5, 5.41) is 0. The highest BCUT2D eigenvalue weighted by Crippen LogP contribution is 1.78. The Hall–Kier alpha value is -0.440. The van der Waals surface area contributed by atoms with Crippen LogP contribution in [0.4, 0.5) is 3.98 Å². The van der Waals surface area contributed by atoms with E-state index < -0.39 is 0 Å². The first kappa shape index (κ1) is 4.56. The van der Waals surface area contributed by atoms with Crippen LogP contribution in [0.15, 0.2) is 0 Å². The number of rotatable bonds is 0. The molecule has 0 bridgehead atoms. The first-order valence-corrected chi connectivity index (χ1v) is 1.24. The summed E-state index contributed by atoms with van der Waals surface area (Å²) in [5.74, 6) is 0. The van der Waals surface area contributed by atoms with Crippen LogP contribution in [0.1, 0.15) is 0 Å². The van der Waals surface area contributed by atoms with Crippen molar-refractivity contribution in [2.45, 2.75) is 0 Å². The molecule has 30 valence electrons. The van der Waals surface area contributed by atoms with Crippen LogP contribution in [0, 0.1) is 0 Å². The van der Waals surface area contributed by atoms with Gasteiger partial charge in [0.2, 0.25) is 0 Å². The molecule has 0 saturated carbocycles. The smallest absolute Gasteiger partial charge is 0.301 e. The predicted octanol–water partition coefficient (Wildman–Crippen LogP) is -0.287. The van der Waals surface area contributed by atoms with E-state index in [9.17, 15) is 0 Å². The molecule has 0 unspecified atom stereocenters. The Morgan fingerprint density at radius 1 is 1.60 bits per heavy atom. The second kappa shape index (κ2) is 1.84. The van der Waals surface area contributed by atoms with Crippen LogP contribution in [0.2, 0.25) is 0 Å². The summed E-state index contributed by atoms with van der Waals surface area (Å²) in [6.45, 7) is 0. The van der Waals surface area contributed by atoms with Gasteiger partial charge >= 0.3 is 17.9 Å². The average Bonchev–Trinajstić information content (AvgIpc) is 1.38. The van der Waals surface area contributed by atoms with Gasteiger partial charge in [-0.1, -0.05) is 3.98 Å². The summed E-state index contributed by atoms with van der Waals surface area (Å²) in [6.07, 6.45) is 0. The fourth-order valence-electron chi connectivity index (χ4n) is 0. The standard InChI is InChI=1S/CH4ClN2O/c2-5-1(3)4/h3-4H2/q+1. The van der Waals surface area contributed by atoms with Crippen LogP contribution in [-0.2, 0) is 0 Å². The van der Waals surface area contributed by atoms with Crippen molar-refractivity contribution >= 4 is 17.9 Å². The summed E-state index contributed by atoms with van der Waals surface area (Å²) >= 11 is 4.55. The first-order chi connectivity index (χ1) is 2.27. The summed E-state index contributed by atoms with van der Waals surface area (Å²) in [4.78, 5) is 0. The Labute approximate surface area is 34.4 Å². The first-order valence-electron chi connectivity index (χ1n) is 0.936. The molecule has 0 fully saturated rings. The Morgan fingerprint density at radius 2 is 1.80 bits per heavy atom. The van der Waals surface area contributed by atoms with Crippen molar-refractivity contribution in [3.8, 4) is 0 Å². The molecule has 0 radical (unpaired) electrons. The fraction of sp³-hybridized carbons (Fsp3) is 0. The zero-order valence-corrected chi connectivity index (χ0v) is 3.20. The molecule has 0 aromatic heterocycles. The molecule has 5 heavy (non-hydrogen) atoms. The molecule has 2 amide bonds. The maximum absolute atomic E-state index is 4.63. The van der Waals surface area contributed by atoms with E-state index in [-0.39, 0.29) is 6.03 Å². The van der Waals surface area contributed by atoms with Crippen LogP contribution in [0.5, 0.6) is 0 Å². The van der Waals surface area contributed by atoms with E-state index in [1.165, 1.54) is 0 Å². The van der Waals surface area contributed by atoms with Gasteiger partial charge in [-0.3, -0.25) is 0 Å². The van der Waals surface area contributed by atoms with Crippen molar-refractivity contribution in [2.24, 2.45) is 11.5 Å². The molecule has 0 aromatic carbocycles. The minimum absolute atomic E-state index is 0.230. The lowest BCUT2D eigenvalue weighted by Crippen LogP contribution is -2.19. The third-order valence-corrected chi connectivity index (χ3v) is 0.267. The molecule has 0 aliphatic carbocycles. The lowest BCUT2D eigenvalue weighted by Gasteiger charge is -1.56. The average molecular weight is 95.5 g/mol. The number of carbonyl (C=O) groups excluding carboxylic acids is 1. The number of nitrogens with two attached hydrogens (primary N) is 2. The predicted molar refractivity (Wildman–Crippen MR) is 19.6 cm³/mol. The van der Waals surface area contributed by atoms with Crippen LogP contribution >= 0.6 is 11.9 Å². The van der Waals surface area contributed by atoms with Gasteiger partial charge in [-0.2, -0.15) is 0 Å². The molecule has 0 aromatic rings. The summed E-state index contributed by atoms with van der Waals surface area (Å²) < 4.78 is 3.69. The van der Waals surface area contributed by atoms with Gasteiger partial charge in [0.15, 0.2) is 0 Å². The van der Waals surface area contributed by atoms with Gasteiger partial charge < -0.3 is 11.5 Å². The minimum Gasteiger partial charge on any atom is -0.301 e. The van der Waals surface area contributed by atoms with Crippen molar-refractivity contribution in [3.05, 3.63) is 0 Å². The monoisotopic (exact) mass is 95.0 g/mol. The third-order valence-electron chi connectivity index (χ3n) is 0.0891. The van der Waals surface area contributed by atoms with Crippen LogP contribution in [0.25, 0.3) is 0 Å². The number of halogens is 1. The van der Waals surface area contributed by atoms with Gasteiger partial charge in [0.25, 0.3) is 0 Å². The summed E-state index contributed by atoms with van der Waals surface area (Å²) in [5.41, 5.74) is 9.26. The molecule has 4 heteroatoms. The zero-order valence-electron chi connectivity index (χ0n) is 2.44. The van der Waals surface area contributed by atoms with Crippen molar-refractivity contribution in [3.63, 3.8) is 0 Å². The highest BCUT2D eigenvalue weighted by atomic mass is 35.5. The molecule has 4 N–H and O–H groups in total. The lowest BCUT2D eigenvalue weighted by atomic mass is 11.2. The van der Waals surface area contributed by atoms with Gasteiger partial charge in [-0.15, -0.1) is 0 Å². The third kappa shape index (κ3) is 3.56. The van der Waals surface area contributed by atoms with E-state index >= 15 is 0 Å². The molecule has 0 aliphatic rings. The van der Waals surface area contributed by atoms with Crippen LogP contribution in [0.3, 0.4) is 0 Å². The molecule has 3 nitrogen and oxygen atoms in total. The normalized spacial score (nSPS) is 6.60. The molecular weight excluding hydrogens is 91.5 g/mol. The molecule has 0 saturated heterocycles. The number of hydrogen-bond acceptors (Lipinski definition) is 0. The van der Waals surface area contributed by atoms with Crippen LogP contribution in [-0.4, -0.2) is 6.03 Å². The van der Waals surface area contributed by atoms with Gasteiger partial charge in [0.1, 0.15) is 0 Å². The van der Waals surface area contributed by atoms with Crippen molar-refractivity contribution < 1.29 is 3.98 Å².